The van der Waals surface area contributed by atoms with Crippen molar-refractivity contribution in [1.29, 1.82) is 0 Å². The van der Waals surface area contributed by atoms with Gasteiger partial charge in [0.05, 0.1) is 22.7 Å². The van der Waals surface area contributed by atoms with E-state index in [-0.39, 0.29) is 0 Å². The monoisotopic (exact) mass is 200 g/mol. The molecule has 0 amide bonds. The van der Waals surface area contributed by atoms with Crippen LogP contribution in [0.3, 0.4) is 0 Å². The highest BCUT2D eigenvalue weighted by Gasteiger charge is 2.36. The zero-order valence-corrected chi connectivity index (χ0v) is 8.34. The van der Waals surface area contributed by atoms with Crippen molar-refractivity contribution >= 4 is 17.3 Å². The lowest BCUT2D eigenvalue weighted by molar-refractivity contribution is -0.148. The van der Waals surface area contributed by atoms with Gasteiger partial charge < -0.3 is 10.8 Å². The van der Waals surface area contributed by atoms with Crippen LogP contribution in [0.15, 0.2) is 10.9 Å². The Kier molecular flexibility index (Phi) is 2.68. The van der Waals surface area contributed by atoms with E-state index in [0.29, 0.717) is 5.69 Å². The van der Waals surface area contributed by atoms with Gasteiger partial charge in [-0.05, 0) is 13.8 Å². The summed E-state index contributed by atoms with van der Waals surface area (Å²) in [5.41, 5.74) is 7.09. The number of hydrogen-bond acceptors (Lipinski definition) is 4. The first-order chi connectivity index (χ1) is 5.96. The van der Waals surface area contributed by atoms with E-state index in [0.717, 1.165) is 0 Å². The van der Waals surface area contributed by atoms with Crippen LogP contribution in [0.2, 0.25) is 0 Å². The van der Waals surface area contributed by atoms with Crippen molar-refractivity contribution < 1.29 is 9.90 Å². The molecule has 1 aromatic heterocycles. The molecular formula is C8H12N2O2S. The molecule has 0 fully saturated rings. The van der Waals surface area contributed by atoms with Crippen LogP contribution in [0.25, 0.3) is 0 Å². The summed E-state index contributed by atoms with van der Waals surface area (Å²) in [5.74, 6) is -0.909. The van der Waals surface area contributed by atoms with Gasteiger partial charge in [0.15, 0.2) is 0 Å². The van der Waals surface area contributed by atoms with Gasteiger partial charge in [-0.1, -0.05) is 0 Å². The summed E-state index contributed by atoms with van der Waals surface area (Å²) in [6, 6.07) is -0.559. The summed E-state index contributed by atoms with van der Waals surface area (Å²) in [7, 11) is 0. The molecule has 0 bridgehead atoms. The first-order valence-electron chi connectivity index (χ1n) is 3.83. The first kappa shape index (κ1) is 10.1. The summed E-state index contributed by atoms with van der Waals surface area (Å²) < 4.78 is 0. The van der Waals surface area contributed by atoms with Gasteiger partial charge in [-0.2, -0.15) is 0 Å². The molecule has 0 aliphatic rings. The molecule has 1 unspecified atom stereocenters. The second-order valence-corrected chi connectivity index (χ2v) is 4.14. The number of nitrogens with two attached hydrogens (primary N) is 1. The standard InChI is InChI=1S/C8H12N2O2S/c1-8(2,7(11)12)6(9)5-3-13-4-10-5/h3-4,6H,9H2,1-2H3,(H,11,12). The molecule has 3 N–H and O–H groups in total. The van der Waals surface area contributed by atoms with Gasteiger partial charge >= 0.3 is 5.97 Å². The molecule has 0 aliphatic heterocycles. The maximum atomic E-state index is 10.9. The number of nitrogens with zero attached hydrogens (tertiary/aromatic N) is 1. The Balaban J connectivity index is 2.90. The predicted molar refractivity (Wildman–Crippen MR) is 50.5 cm³/mol. The third kappa shape index (κ3) is 1.87. The number of aromatic nitrogens is 1. The minimum absolute atomic E-state index is 0.559. The topological polar surface area (TPSA) is 76.2 Å². The lowest BCUT2D eigenvalue weighted by Gasteiger charge is -2.25. The van der Waals surface area contributed by atoms with Crippen molar-refractivity contribution in [1.82, 2.24) is 4.98 Å². The molecule has 0 saturated heterocycles. The zero-order chi connectivity index (χ0) is 10.1. The molecule has 0 aliphatic carbocycles. The first-order valence-corrected chi connectivity index (χ1v) is 4.77. The van der Waals surface area contributed by atoms with Crippen molar-refractivity contribution in [2.75, 3.05) is 0 Å². The number of carboxylic acids is 1. The minimum atomic E-state index is -0.978. The maximum Gasteiger partial charge on any atom is 0.311 e. The molecule has 1 aromatic rings. The van der Waals surface area contributed by atoms with E-state index in [1.54, 1.807) is 24.7 Å². The Hall–Kier alpha value is -0.940. The molecule has 5 heteroatoms. The maximum absolute atomic E-state index is 10.9. The van der Waals surface area contributed by atoms with Gasteiger partial charge in [0, 0.05) is 5.38 Å². The lowest BCUT2D eigenvalue weighted by Crippen LogP contribution is -2.36. The van der Waals surface area contributed by atoms with Crippen LogP contribution in [0.5, 0.6) is 0 Å². The average Bonchev–Trinajstić information content (AvgIpc) is 2.54. The van der Waals surface area contributed by atoms with Gasteiger partial charge in [0.2, 0.25) is 0 Å². The van der Waals surface area contributed by atoms with Gasteiger partial charge in [-0.3, -0.25) is 4.79 Å². The average molecular weight is 200 g/mol. The minimum Gasteiger partial charge on any atom is -0.481 e. The van der Waals surface area contributed by atoms with E-state index in [2.05, 4.69) is 4.98 Å². The second kappa shape index (κ2) is 3.43. The van der Waals surface area contributed by atoms with Crippen LogP contribution >= 0.6 is 11.3 Å². The number of carboxylic acid groups (broad SMARTS) is 1. The van der Waals surface area contributed by atoms with Crippen LogP contribution in [-0.4, -0.2) is 16.1 Å². The molecule has 13 heavy (non-hydrogen) atoms. The van der Waals surface area contributed by atoms with E-state index < -0.39 is 17.4 Å². The van der Waals surface area contributed by atoms with Crippen LogP contribution in [0.1, 0.15) is 25.6 Å². The zero-order valence-electron chi connectivity index (χ0n) is 7.52. The Morgan fingerprint density at radius 3 is 2.77 bits per heavy atom. The van der Waals surface area contributed by atoms with E-state index in [1.165, 1.54) is 11.3 Å². The van der Waals surface area contributed by atoms with Crippen molar-refractivity contribution in [3.63, 3.8) is 0 Å². The SMILES string of the molecule is CC(C)(C(=O)O)C(N)c1cscn1. The van der Waals surface area contributed by atoms with Gasteiger partial charge in [-0.15, -0.1) is 11.3 Å². The molecule has 0 aromatic carbocycles. The second-order valence-electron chi connectivity index (χ2n) is 3.42. The normalized spacial score (nSPS) is 14.1. The Labute approximate surface area is 80.4 Å². The van der Waals surface area contributed by atoms with E-state index >= 15 is 0 Å². The Morgan fingerprint density at radius 2 is 2.38 bits per heavy atom. The fourth-order valence-corrected chi connectivity index (χ4v) is 1.47. The largest absolute Gasteiger partial charge is 0.481 e. The van der Waals surface area contributed by atoms with Crippen LogP contribution in [-0.2, 0) is 4.79 Å². The fourth-order valence-electron chi connectivity index (χ4n) is 0.878. The van der Waals surface area contributed by atoms with Crippen molar-refractivity contribution in [2.24, 2.45) is 11.1 Å². The van der Waals surface area contributed by atoms with Crippen LogP contribution < -0.4 is 5.73 Å². The summed E-state index contributed by atoms with van der Waals surface area (Å²) >= 11 is 1.41. The number of carbonyl (C=O) groups is 1. The molecule has 1 heterocycles. The van der Waals surface area contributed by atoms with Crippen molar-refractivity contribution in [3.05, 3.63) is 16.6 Å². The van der Waals surface area contributed by atoms with Crippen molar-refractivity contribution in [2.45, 2.75) is 19.9 Å². The smallest absolute Gasteiger partial charge is 0.311 e. The van der Waals surface area contributed by atoms with Crippen molar-refractivity contribution in [3.8, 4) is 0 Å². The third-order valence-corrected chi connectivity index (χ3v) is 2.70. The molecule has 0 spiro atoms. The summed E-state index contributed by atoms with van der Waals surface area (Å²) in [4.78, 5) is 14.8. The quantitative estimate of drug-likeness (QED) is 0.770. The van der Waals surface area contributed by atoms with Gasteiger partial charge in [0.25, 0.3) is 0 Å². The Bertz CT molecular complexity index is 295. The number of thiazole rings is 1. The number of rotatable bonds is 3. The highest BCUT2D eigenvalue weighted by molar-refractivity contribution is 7.07. The van der Waals surface area contributed by atoms with E-state index in [4.69, 9.17) is 10.8 Å². The van der Waals surface area contributed by atoms with E-state index in [9.17, 15) is 4.79 Å². The van der Waals surface area contributed by atoms with Crippen LogP contribution in [0, 0.1) is 5.41 Å². The number of hydrogen-bond donors (Lipinski definition) is 2. The highest BCUT2D eigenvalue weighted by atomic mass is 32.1. The summed E-state index contributed by atoms with van der Waals surface area (Å²) in [6.45, 7) is 3.19. The van der Waals surface area contributed by atoms with E-state index in [1.807, 2.05) is 0 Å². The van der Waals surface area contributed by atoms with Crippen LogP contribution in [0.4, 0.5) is 0 Å². The molecule has 0 saturated carbocycles. The van der Waals surface area contributed by atoms with Gasteiger partial charge in [0.1, 0.15) is 0 Å². The molecule has 72 valence electrons. The summed E-state index contributed by atoms with van der Waals surface area (Å²) in [6.07, 6.45) is 0. The predicted octanol–water partition coefficient (Wildman–Crippen LogP) is 1.25. The lowest BCUT2D eigenvalue weighted by atomic mass is 9.84. The number of aliphatic carboxylic acids is 1. The Morgan fingerprint density at radius 1 is 1.77 bits per heavy atom. The molecule has 0 radical (unpaired) electrons. The molecule has 1 atom stereocenters. The molecular weight excluding hydrogens is 188 g/mol. The fraction of sp³-hybridized carbons (Fsp3) is 0.500. The molecule has 1 rings (SSSR count). The summed E-state index contributed by atoms with van der Waals surface area (Å²) in [5, 5.41) is 10.7. The van der Waals surface area contributed by atoms with Gasteiger partial charge in [-0.25, -0.2) is 4.98 Å². The highest BCUT2D eigenvalue weighted by Crippen LogP contribution is 2.30. The molecule has 4 nitrogen and oxygen atoms in total. The third-order valence-electron chi connectivity index (χ3n) is 2.10.